The van der Waals surface area contributed by atoms with Crippen LogP contribution in [0.2, 0.25) is 0 Å². The molecule has 2 unspecified atom stereocenters. The number of nitrogens with zero attached hydrogens (tertiary/aromatic N) is 3. The average Bonchev–Trinajstić information content (AvgIpc) is 3.47. The highest BCUT2D eigenvalue weighted by Crippen LogP contribution is 2.37. The van der Waals surface area contributed by atoms with Gasteiger partial charge < -0.3 is 20.1 Å². The third kappa shape index (κ3) is 6.50. The summed E-state index contributed by atoms with van der Waals surface area (Å²) in [5, 5.41) is 19.5. The van der Waals surface area contributed by atoms with E-state index in [2.05, 4.69) is 20.5 Å². The number of rotatable bonds is 7. The fourth-order valence-electron chi connectivity index (χ4n) is 4.79. The topological polar surface area (TPSA) is 120 Å². The maximum absolute atomic E-state index is 12.6. The van der Waals surface area contributed by atoms with Crippen molar-refractivity contribution in [3.63, 3.8) is 0 Å². The number of H-pyrrole nitrogens is 1. The second-order valence-corrected chi connectivity index (χ2v) is 9.14. The molecule has 0 aromatic carbocycles. The number of halogens is 3. The van der Waals surface area contributed by atoms with E-state index in [1.807, 2.05) is 0 Å². The molecular weight excluding hydrogens is 467 g/mol. The Kier molecular flexibility index (Phi) is 7.58. The van der Waals surface area contributed by atoms with Crippen molar-refractivity contribution in [1.29, 1.82) is 0 Å². The molecule has 0 spiro atoms. The number of aromatic amines is 1. The van der Waals surface area contributed by atoms with Gasteiger partial charge in [-0.25, -0.2) is 4.79 Å². The summed E-state index contributed by atoms with van der Waals surface area (Å²) in [5.74, 6) is 0.287. The molecule has 2 aromatic heterocycles. The number of pyridine rings is 1. The van der Waals surface area contributed by atoms with Crippen molar-refractivity contribution in [2.75, 3.05) is 25.1 Å². The Morgan fingerprint density at radius 3 is 2.63 bits per heavy atom. The predicted molar refractivity (Wildman–Crippen MR) is 119 cm³/mol. The van der Waals surface area contributed by atoms with E-state index in [-0.39, 0.29) is 18.4 Å². The lowest BCUT2D eigenvalue weighted by Crippen LogP contribution is -2.42. The average molecular weight is 496 g/mol. The monoisotopic (exact) mass is 495 g/mol. The van der Waals surface area contributed by atoms with Gasteiger partial charge in [0.1, 0.15) is 5.69 Å². The van der Waals surface area contributed by atoms with Gasteiger partial charge >= 0.3 is 12.3 Å². The van der Waals surface area contributed by atoms with Crippen LogP contribution in [0.4, 0.5) is 23.8 Å². The molecule has 4 rings (SSSR count). The van der Waals surface area contributed by atoms with Gasteiger partial charge in [0.25, 0.3) is 0 Å². The lowest BCUT2D eigenvalue weighted by atomic mass is 9.98. The van der Waals surface area contributed by atoms with E-state index in [1.165, 1.54) is 6.07 Å². The fourth-order valence-corrected chi connectivity index (χ4v) is 4.79. The summed E-state index contributed by atoms with van der Waals surface area (Å²) < 4.78 is 43.2. The number of aromatic nitrogens is 3. The summed E-state index contributed by atoms with van der Waals surface area (Å²) in [7, 11) is 0. The first-order valence-electron chi connectivity index (χ1n) is 11.6. The maximum Gasteiger partial charge on any atom is 0.433 e. The van der Waals surface area contributed by atoms with E-state index in [0.29, 0.717) is 43.5 Å². The Hall–Kier alpha value is -3.15. The number of hydrogen-bond acceptors (Lipinski definition) is 5. The number of alkyl halides is 3. The van der Waals surface area contributed by atoms with Crippen molar-refractivity contribution in [2.24, 2.45) is 5.92 Å². The van der Waals surface area contributed by atoms with Crippen LogP contribution in [0, 0.1) is 5.92 Å². The number of amides is 2. The quantitative estimate of drug-likeness (QED) is 0.533. The fraction of sp³-hybridized carbons (Fsp3) is 0.565. The van der Waals surface area contributed by atoms with E-state index in [1.54, 1.807) is 11.0 Å². The van der Waals surface area contributed by atoms with Crippen LogP contribution in [0.1, 0.15) is 55.0 Å². The van der Waals surface area contributed by atoms with Gasteiger partial charge in [-0.2, -0.15) is 18.3 Å². The van der Waals surface area contributed by atoms with E-state index in [9.17, 15) is 27.9 Å². The van der Waals surface area contributed by atoms with E-state index in [4.69, 9.17) is 4.74 Å². The molecule has 2 atom stereocenters. The molecule has 9 nitrogen and oxygen atoms in total. The summed E-state index contributed by atoms with van der Waals surface area (Å²) in [6.45, 7) is 1.85. The summed E-state index contributed by atoms with van der Waals surface area (Å²) >= 11 is 0. The van der Waals surface area contributed by atoms with Gasteiger partial charge in [-0.05, 0) is 49.7 Å². The molecule has 35 heavy (non-hydrogen) atoms. The molecule has 2 amide bonds. The molecule has 1 aliphatic carbocycles. The number of carbonyl (C=O) groups is 2. The number of anilines is 1. The molecule has 12 heteroatoms. The molecule has 0 radical (unpaired) electrons. The van der Waals surface area contributed by atoms with Crippen LogP contribution in [0.25, 0.3) is 0 Å². The van der Waals surface area contributed by atoms with Crippen molar-refractivity contribution in [1.82, 2.24) is 20.1 Å². The normalized spacial score (nSPS) is 21.1. The minimum absolute atomic E-state index is 0.0751. The summed E-state index contributed by atoms with van der Waals surface area (Å²) in [4.78, 5) is 29.1. The highest BCUT2D eigenvalue weighted by Gasteiger charge is 2.35. The van der Waals surface area contributed by atoms with Crippen LogP contribution in [0.3, 0.4) is 0 Å². The minimum Gasteiger partial charge on any atom is -0.465 e. The number of carbonyl (C=O) groups excluding carboxylic acids is 1. The minimum atomic E-state index is -4.53. The van der Waals surface area contributed by atoms with Crippen LogP contribution < -0.4 is 5.32 Å². The molecule has 2 aromatic rings. The third-order valence-electron chi connectivity index (χ3n) is 6.67. The maximum atomic E-state index is 12.6. The van der Waals surface area contributed by atoms with Crippen LogP contribution in [0.15, 0.2) is 24.4 Å². The van der Waals surface area contributed by atoms with Gasteiger partial charge in [0.2, 0.25) is 5.91 Å². The van der Waals surface area contributed by atoms with Crippen LogP contribution >= 0.6 is 0 Å². The third-order valence-corrected chi connectivity index (χ3v) is 6.67. The molecule has 0 bridgehead atoms. The Labute approximate surface area is 200 Å². The van der Waals surface area contributed by atoms with Crippen LogP contribution in [-0.4, -0.2) is 63.0 Å². The summed E-state index contributed by atoms with van der Waals surface area (Å²) in [5.41, 5.74) is 0.154. The molecule has 3 heterocycles. The molecule has 190 valence electrons. The molecular formula is C23H28F3N5O4. The van der Waals surface area contributed by atoms with Crippen molar-refractivity contribution in [3.8, 4) is 0 Å². The molecule has 2 fully saturated rings. The largest absolute Gasteiger partial charge is 0.465 e. The number of ether oxygens (including phenoxy) is 1. The Morgan fingerprint density at radius 1 is 1.20 bits per heavy atom. The van der Waals surface area contributed by atoms with Gasteiger partial charge in [-0.1, -0.05) is 6.07 Å². The molecule has 1 aliphatic heterocycles. The predicted octanol–water partition coefficient (Wildman–Crippen LogP) is 4.05. The first-order chi connectivity index (χ1) is 16.7. The zero-order valence-corrected chi connectivity index (χ0v) is 19.1. The SMILES string of the molecule is O=C(Cc1ccc(C(F)(F)F)nc1)Nc1cc(C2CCC(N(CC3CCOCC3)C(=O)O)C2)[nH]n1. The smallest absolute Gasteiger partial charge is 0.433 e. The van der Waals surface area contributed by atoms with Gasteiger partial charge in [-0.15, -0.1) is 0 Å². The van der Waals surface area contributed by atoms with E-state index >= 15 is 0 Å². The van der Waals surface area contributed by atoms with E-state index < -0.39 is 23.9 Å². The van der Waals surface area contributed by atoms with E-state index in [0.717, 1.165) is 43.6 Å². The first kappa shape index (κ1) is 25.0. The molecule has 1 saturated carbocycles. The standard InChI is InChI=1S/C23H28F3N5O4/c24-23(25,26)19-4-1-15(12-27-19)9-21(32)28-20-11-18(29-30-20)16-2-3-17(10-16)31(22(33)34)13-14-5-7-35-8-6-14/h1,4,11-12,14,16-17H,2-3,5-10,13H2,(H,33,34)(H2,28,29,30,32). The number of nitrogens with one attached hydrogen (secondary N) is 2. The van der Waals surface area contributed by atoms with Crippen molar-refractivity contribution >= 4 is 17.8 Å². The second-order valence-electron chi connectivity index (χ2n) is 9.14. The van der Waals surface area contributed by atoms with Crippen LogP contribution in [-0.2, 0) is 22.1 Å². The Bertz CT molecular complexity index is 1020. The van der Waals surface area contributed by atoms with Crippen molar-refractivity contribution in [2.45, 2.75) is 56.7 Å². The molecule has 1 saturated heterocycles. The summed E-state index contributed by atoms with van der Waals surface area (Å²) in [6.07, 6.45) is -0.586. The summed E-state index contributed by atoms with van der Waals surface area (Å²) in [6, 6.07) is 3.71. The molecule has 3 N–H and O–H groups in total. The zero-order chi connectivity index (χ0) is 25.0. The zero-order valence-electron chi connectivity index (χ0n) is 19.1. The highest BCUT2D eigenvalue weighted by atomic mass is 19.4. The van der Waals surface area contributed by atoms with Crippen LogP contribution in [0.5, 0.6) is 0 Å². The Morgan fingerprint density at radius 2 is 1.97 bits per heavy atom. The number of hydrogen-bond donors (Lipinski definition) is 3. The van der Waals surface area contributed by atoms with Crippen molar-refractivity contribution in [3.05, 3.63) is 41.3 Å². The van der Waals surface area contributed by atoms with Gasteiger partial charge in [0, 0.05) is 49.7 Å². The second kappa shape index (κ2) is 10.6. The van der Waals surface area contributed by atoms with Gasteiger partial charge in [0.15, 0.2) is 5.82 Å². The lowest BCUT2D eigenvalue weighted by Gasteiger charge is -2.32. The lowest BCUT2D eigenvalue weighted by molar-refractivity contribution is -0.141. The van der Waals surface area contributed by atoms with Crippen molar-refractivity contribution < 1.29 is 32.6 Å². The molecule has 2 aliphatic rings. The first-order valence-corrected chi connectivity index (χ1v) is 11.6. The number of carboxylic acid groups (broad SMARTS) is 1. The Balaban J connectivity index is 1.30. The highest BCUT2D eigenvalue weighted by molar-refractivity contribution is 5.91. The van der Waals surface area contributed by atoms with Gasteiger partial charge in [0.05, 0.1) is 6.42 Å². The van der Waals surface area contributed by atoms with Gasteiger partial charge in [-0.3, -0.25) is 14.9 Å².